The van der Waals surface area contributed by atoms with Gasteiger partial charge in [0, 0.05) is 28.1 Å². The number of ether oxygens (including phenoxy) is 1. The lowest BCUT2D eigenvalue weighted by molar-refractivity contribution is 0.0469. The number of aromatic nitrogens is 3. The highest BCUT2D eigenvalue weighted by molar-refractivity contribution is 7.15. The second-order valence-electron chi connectivity index (χ2n) is 7.50. The summed E-state index contributed by atoms with van der Waals surface area (Å²) >= 11 is 1.38. The Morgan fingerprint density at radius 2 is 1.78 bits per heavy atom. The topological polar surface area (TPSA) is 73.6 Å². The first kappa shape index (κ1) is 20.1. The van der Waals surface area contributed by atoms with Gasteiger partial charge in [0.2, 0.25) is 0 Å². The van der Waals surface area contributed by atoms with Gasteiger partial charge in [0.1, 0.15) is 6.61 Å². The van der Waals surface area contributed by atoms with Crippen molar-refractivity contribution in [3.8, 4) is 11.3 Å². The van der Waals surface area contributed by atoms with Crippen LogP contribution in [0.2, 0.25) is 0 Å². The van der Waals surface area contributed by atoms with E-state index in [4.69, 9.17) is 9.72 Å². The number of fused-ring (bicyclic) bond motifs is 2. The number of benzene rings is 2. The quantitative estimate of drug-likeness (QED) is 0.369. The zero-order valence-corrected chi connectivity index (χ0v) is 18.3. The maximum Gasteiger partial charge on any atom is 0.339 e. The molecule has 0 unspecified atom stereocenters. The van der Waals surface area contributed by atoms with Crippen molar-refractivity contribution in [1.82, 2.24) is 14.4 Å². The molecule has 0 bridgehead atoms. The summed E-state index contributed by atoms with van der Waals surface area (Å²) in [5.74, 6) is -0.470. The molecule has 5 rings (SSSR count). The SMILES string of the molecule is Cc1c(-c2ccccc2)nc2ccccc2c1C(=O)OCc1cc(=O)n2c(C)csc2n1. The minimum Gasteiger partial charge on any atom is -0.456 e. The molecule has 2 aromatic carbocycles. The molecule has 0 saturated carbocycles. The van der Waals surface area contributed by atoms with Crippen molar-refractivity contribution >= 4 is 33.2 Å². The normalized spacial score (nSPS) is 11.2. The smallest absolute Gasteiger partial charge is 0.339 e. The monoisotopic (exact) mass is 441 g/mol. The van der Waals surface area contributed by atoms with Crippen LogP contribution < -0.4 is 5.56 Å². The van der Waals surface area contributed by atoms with Gasteiger partial charge in [-0.3, -0.25) is 9.20 Å². The zero-order valence-electron chi connectivity index (χ0n) is 17.5. The van der Waals surface area contributed by atoms with Crippen molar-refractivity contribution in [2.45, 2.75) is 20.5 Å². The van der Waals surface area contributed by atoms with Crippen LogP contribution >= 0.6 is 11.3 Å². The molecule has 158 valence electrons. The molecule has 0 fully saturated rings. The fourth-order valence-electron chi connectivity index (χ4n) is 3.83. The van der Waals surface area contributed by atoms with Gasteiger partial charge in [-0.1, -0.05) is 48.5 Å². The number of hydrogen-bond acceptors (Lipinski definition) is 6. The lowest BCUT2D eigenvalue weighted by Crippen LogP contribution is -2.16. The molecule has 3 heterocycles. The van der Waals surface area contributed by atoms with Crippen LogP contribution in [-0.4, -0.2) is 20.3 Å². The summed E-state index contributed by atoms with van der Waals surface area (Å²) in [6, 6.07) is 18.7. The number of para-hydroxylation sites is 1. The lowest BCUT2D eigenvalue weighted by atomic mass is 9.98. The number of esters is 1. The maximum absolute atomic E-state index is 13.2. The molecule has 5 aromatic rings. The summed E-state index contributed by atoms with van der Waals surface area (Å²) in [4.78, 5) is 35.5. The van der Waals surface area contributed by atoms with Crippen LogP contribution in [-0.2, 0) is 11.3 Å². The molecule has 0 aliphatic rings. The summed E-state index contributed by atoms with van der Waals surface area (Å²) in [5, 5.41) is 2.60. The van der Waals surface area contributed by atoms with E-state index in [0.717, 1.165) is 33.4 Å². The van der Waals surface area contributed by atoms with E-state index in [9.17, 15) is 9.59 Å². The van der Waals surface area contributed by atoms with Gasteiger partial charge < -0.3 is 4.74 Å². The van der Waals surface area contributed by atoms with Crippen molar-refractivity contribution in [1.29, 1.82) is 0 Å². The van der Waals surface area contributed by atoms with E-state index in [1.165, 1.54) is 17.4 Å². The van der Waals surface area contributed by atoms with Crippen LogP contribution in [0, 0.1) is 13.8 Å². The number of aryl methyl sites for hydroxylation is 1. The fraction of sp³-hybridized carbons (Fsp3) is 0.120. The average molecular weight is 442 g/mol. The third-order valence-electron chi connectivity index (χ3n) is 5.37. The highest BCUT2D eigenvalue weighted by Gasteiger charge is 2.20. The van der Waals surface area contributed by atoms with Gasteiger partial charge in [0.15, 0.2) is 4.96 Å². The largest absolute Gasteiger partial charge is 0.456 e. The second-order valence-corrected chi connectivity index (χ2v) is 8.34. The van der Waals surface area contributed by atoms with Crippen LogP contribution in [0.5, 0.6) is 0 Å². The predicted molar refractivity (Wildman–Crippen MR) is 125 cm³/mol. The minimum atomic E-state index is -0.470. The van der Waals surface area contributed by atoms with Gasteiger partial charge in [-0.15, -0.1) is 11.3 Å². The first-order valence-electron chi connectivity index (χ1n) is 10.1. The number of nitrogens with zero attached hydrogens (tertiary/aromatic N) is 3. The number of thiazole rings is 1. The van der Waals surface area contributed by atoms with Gasteiger partial charge in [-0.25, -0.2) is 14.8 Å². The van der Waals surface area contributed by atoms with Gasteiger partial charge in [-0.05, 0) is 25.5 Å². The Morgan fingerprint density at radius 3 is 2.59 bits per heavy atom. The van der Waals surface area contributed by atoms with E-state index in [1.54, 1.807) is 4.40 Å². The first-order valence-corrected chi connectivity index (χ1v) is 11.0. The molecule has 0 aliphatic carbocycles. The van der Waals surface area contributed by atoms with Crippen molar-refractivity contribution < 1.29 is 9.53 Å². The molecule has 7 heteroatoms. The Kier molecular flexibility index (Phi) is 5.03. The fourth-order valence-corrected chi connectivity index (χ4v) is 4.72. The zero-order chi connectivity index (χ0) is 22.2. The van der Waals surface area contributed by atoms with E-state index in [-0.39, 0.29) is 12.2 Å². The molecule has 6 nitrogen and oxygen atoms in total. The van der Waals surface area contributed by atoms with Crippen molar-refractivity contribution in [2.75, 3.05) is 0 Å². The molecule has 0 saturated heterocycles. The molecule has 32 heavy (non-hydrogen) atoms. The van der Waals surface area contributed by atoms with Crippen molar-refractivity contribution in [2.24, 2.45) is 0 Å². The molecule has 0 atom stereocenters. The number of carbonyl (C=O) groups excluding carboxylic acids is 1. The molecule has 0 amide bonds. The van der Waals surface area contributed by atoms with E-state index in [1.807, 2.05) is 73.8 Å². The number of pyridine rings is 1. The van der Waals surface area contributed by atoms with E-state index in [2.05, 4.69) is 4.98 Å². The predicted octanol–water partition coefficient (Wildman–Crippen LogP) is 4.95. The summed E-state index contributed by atoms with van der Waals surface area (Å²) in [6.07, 6.45) is 0. The summed E-state index contributed by atoms with van der Waals surface area (Å²) in [6.45, 7) is 3.65. The summed E-state index contributed by atoms with van der Waals surface area (Å²) < 4.78 is 7.18. The molecule has 0 aliphatic heterocycles. The molecule has 0 radical (unpaired) electrons. The van der Waals surface area contributed by atoms with Gasteiger partial charge >= 0.3 is 5.97 Å². The highest BCUT2D eigenvalue weighted by atomic mass is 32.1. The molecule has 3 aromatic heterocycles. The Balaban J connectivity index is 1.53. The minimum absolute atomic E-state index is 0.0850. The van der Waals surface area contributed by atoms with Gasteiger partial charge in [0.25, 0.3) is 5.56 Å². The van der Waals surface area contributed by atoms with Crippen molar-refractivity contribution in [3.05, 3.63) is 98.9 Å². The third kappa shape index (κ3) is 3.46. The van der Waals surface area contributed by atoms with Crippen LogP contribution in [0.4, 0.5) is 0 Å². The Morgan fingerprint density at radius 1 is 1.03 bits per heavy atom. The van der Waals surface area contributed by atoms with Crippen LogP contribution in [0.25, 0.3) is 27.1 Å². The molecular weight excluding hydrogens is 422 g/mol. The summed E-state index contributed by atoms with van der Waals surface area (Å²) in [7, 11) is 0. The molecular formula is C25H19N3O3S. The standard InChI is InChI=1S/C25H19N3O3S/c1-15-14-32-25-26-18(12-21(29)28(15)25)13-31-24(30)22-16(2)23(17-8-4-3-5-9-17)27-20-11-7-6-10-19(20)22/h3-12,14H,13H2,1-2H3. The second kappa shape index (κ2) is 8.01. The van der Waals surface area contributed by atoms with E-state index < -0.39 is 5.97 Å². The molecule has 0 N–H and O–H groups in total. The third-order valence-corrected chi connectivity index (χ3v) is 6.31. The maximum atomic E-state index is 13.2. The first-order chi connectivity index (χ1) is 15.5. The Bertz CT molecular complexity index is 1540. The Labute approximate surface area is 187 Å². The van der Waals surface area contributed by atoms with Crippen molar-refractivity contribution in [3.63, 3.8) is 0 Å². The lowest BCUT2D eigenvalue weighted by Gasteiger charge is -2.14. The van der Waals surface area contributed by atoms with Crippen LogP contribution in [0.1, 0.15) is 27.3 Å². The number of hydrogen-bond donors (Lipinski definition) is 0. The van der Waals surface area contributed by atoms with Gasteiger partial charge in [-0.2, -0.15) is 0 Å². The van der Waals surface area contributed by atoms with Gasteiger partial charge in [0.05, 0.1) is 22.5 Å². The number of carbonyl (C=O) groups is 1. The van der Waals surface area contributed by atoms with E-state index in [0.29, 0.717) is 16.2 Å². The van der Waals surface area contributed by atoms with Crippen LogP contribution in [0.15, 0.2) is 70.8 Å². The van der Waals surface area contributed by atoms with Crippen LogP contribution in [0.3, 0.4) is 0 Å². The Hall–Kier alpha value is -3.84. The molecule has 0 spiro atoms. The summed E-state index contributed by atoms with van der Waals surface area (Å²) in [5.41, 5.74) is 4.67. The highest BCUT2D eigenvalue weighted by Crippen LogP contribution is 2.30. The number of rotatable bonds is 4. The average Bonchev–Trinajstić information content (AvgIpc) is 3.18. The van der Waals surface area contributed by atoms with E-state index >= 15 is 0 Å².